The molecule has 7 nitrogen and oxygen atoms in total. The summed E-state index contributed by atoms with van der Waals surface area (Å²) in [6.07, 6.45) is 1.18. The smallest absolute Gasteiger partial charge is 0.281 e. The van der Waals surface area contributed by atoms with Crippen LogP contribution in [0.25, 0.3) is 0 Å². The van der Waals surface area contributed by atoms with Crippen molar-refractivity contribution in [2.24, 2.45) is 5.10 Å². The third-order valence-electron chi connectivity index (χ3n) is 5.60. The molecule has 0 spiro atoms. The Morgan fingerprint density at radius 1 is 1.06 bits per heavy atom. The van der Waals surface area contributed by atoms with Gasteiger partial charge in [-0.05, 0) is 60.5 Å². The number of aldehydes is 1. The van der Waals surface area contributed by atoms with Crippen molar-refractivity contribution < 1.29 is 28.2 Å². The van der Waals surface area contributed by atoms with Gasteiger partial charge in [-0.15, -0.1) is 0 Å². The van der Waals surface area contributed by atoms with Crippen LogP contribution in [0.2, 0.25) is 0 Å². The van der Waals surface area contributed by atoms with E-state index in [1.165, 1.54) is 17.1 Å². The van der Waals surface area contributed by atoms with Crippen LogP contribution in [0.15, 0.2) is 71.8 Å². The van der Waals surface area contributed by atoms with E-state index in [4.69, 9.17) is 14.2 Å². The van der Waals surface area contributed by atoms with E-state index in [9.17, 15) is 14.0 Å². The fraction of sp³-hybridized carbons (Fsp3) is 0.222. The minimum Gasteiger partial charge on any atom is -0.497 e. The van der Waals surface area contributed by atoms with Crippen molar-refractivity contribution in [1.82, 2.24) is 5.01 Å². The normalized spacial score (nSPS) is 14.9. The second-order valence-electron chi connectivity index (χ2n) is 7.83. The van der Waals surface area contributed by atoms with Gasteiger partial charge in [-0.1, -0.05) is 24.3 Å². The molecule has 8 heteroatoms. The van der Waals surface area contributed by atoms with Gasteiger partial charge in [0.2, 0.25) is 0 Å². The first-order valence-electron chi connectivity index (χ1n) is 11.2. The molecule has 0 saturated heterocycles. The van der Waals surface area contributed by atoms with Crippen LogP contribution in [0, 0.1) is 5.82 Å². The zero-order valence-corrected chi connectivity index (χ0v) is 19.4. The van der Waals surface area contributed by atoms with Crippen molar-refractivity contribution in [2.75, 3.05) is 20.3 Å². The predicted molar refractivity (Wildman–Crippen MR) is 129 cm³/mol. The highest BCUT2D eigenvalue weighted by molar-refractivity contribution is 6.03. The second-order valence-corrected chi connectivity index (χ2v) is 7.83. The molecule has 1 amide bonds. The fourth-order valence-electron chi connectivity index (χ4n) is 3.83. The molecular formula is C27H25FN2O5. The Morgan fingerprint density at radius 3 is 2.46 bits per heavy atom. The maximum Gasteiger partial charge on any atom is 0.281 e. The maximum absolute atomic E-state index is 13.4. The Labute approximate surface area is 202 Å². The molecule has 3 aromatic rings. The van der Waals surface area contributed by atoms with E-state index in [1.54, 1.807) is 37.4 Å². The molecule has 0 N–H and O–H groups in total. The zero-order valence-electron chi connectivity index (χ0n) is 19.4. The monoisotopic (exact) mass is 476 g/mol. The molecule has 0 bridgehead atoms. The Bertz CT molecular complexity index is 1230. The van der Waals surface area contributed by atoms with Crippen LogP contribution < -0.4 is 14.2 Å². The van der Waals surface area contributed by atoms with Gasteiger partial charge in [-0.3, -0.25) is 9.59 Å². The summed E-state index contributed by atoms with van der Waals surface area (Å²) in [5, 5.41) is 5.98. The lowest BCUT2D eigenvalue weighted by molar-refractivity contribution is -0.135. The molecule has 1 aliphatic rings. The van der Waals surface area contributed by atoms with Crippen molar-refractivity contribution in [3.63, 3.8) is 0 Å². The van der Waals surface area contributed by atoms with E-state index < -0.39 is 0 Å². The molecule has 0 radical (unpaired) electrons. The molecule has 180 valence electrons. The van der Waals surface area contributed by atoms with Crippen molar-refractivity contribution in [2.45, 2.75) is 19.4 Å². The van der Waals surface area contributed by atoms with Crippen LogP contribution >= 0.6 is 0 Å². The molecule has 0 aliphatic carbocycles. The average molecular weight is 477 g/mol. The van der Waals surface area contributed by atoms with E-state index in [2.05, 4.69) is 5.10 Å². The standard InChI is InChI=1S/C27H25FN2O5/c1-3-34-26-14-18(16-31)4-13-25(26)35-17-27(32)30-24(20-7-11-22(33-2)12-8-20)15-23(29-30)19-5-9-21(28)10-6-19/h4-14,16,24H,3,15,17H2,1-2H3. The molecule has 0 fully saturated rings. The van der Waals surface area contributed by atoms with Gasteiger partial charge in [0.15, 0.2) is 18.1 Å². The van der Waals surface area contributed by atoms with Gasteiger partial charge in [-0.2, -0.15) is 5.10 Å². The zero-order chi connectivity index (χ0) is 24.8. The number of benzene rings is 3. The Hall–Kier alpha value is -4.20. The minimum absolute atomic E-state index is 0.284. The average Bonchev–Trinajstić information content (AvgIpc) is 3.34. The first-order valence-corrected chi connectivity index (χ1v) is 11.2. The van der Waals surface area contributed by atoms with Crippen LogP contribution in [0.5, 0.6) is 17.2 Å². The summed E-state index contributed by atoms with van der Waals surface area (Å²) in [5.41, 5.74) is 2.74. The van der Waals surface area contributed by atoms with Gasteiger partial charge in [0.1, 0.15) is 17.9 Å². The van der Waals surface area contributed by atoms with E-state index in [0.717, 1.165) is 11.1 Å². The number of ether oxygens (including phenoxy) is 3. The highest BCUT2D eigenvalue weighted by Gasteiger charge is 2.33. The number of halogens is 1. The van der Waals surface area contributed by atoms with Crippen molar-refractivity contribution in [3.8, 4) is 17.2 Å². The lowest BCUT2D eigenvalue weighted by atomic mass is 9.98. The van der Waals surface area contributed by atoms with Crippen LogP contribution in [0.1, 0.15) is 40.9 Å². The molecule has 4 rings (SSSR count). The van der Waals surface area contributed by atoms with E-state index in [1.807, 2.05) is 31.2 Å². The summed E-state index contributed by atoms with van der Waals surface area (Å²) >= 11 is 0. The van der Waals surface area contributed by atoms with E-state index in [0.29, 0.717) is 47.8 Å². The maximum atomic E-state index is 13.4. The van der Waals surface area contributed by atoms with E-state index in [-0.39, 0.29) is 24.4 Å². The number of nitrogens with zero attached hydrogens (tertiary/aromatic N) is 2. The van der Waals surface area contributed by atoms with Gasteiger partial charge < -0.3 is 14.2 Å². The number of hydrogen-bond acceptors (Lipinski definition) is 6. The molecule has 3 aromatic carbocycles. The molecule has 0 aromatic heterocycles. The first-order chi connectivity index (χ1) is 17.0. The van der Waals surface area contributed by atoms with Gasteiger partial charge >= 0.3 is 0 Å². The van der Waals surface area contributed by atoms with Crippen molar-refractivity contribution in [3.05, 3.63) is 89.2 Å². The highest BCUT2D eigenvalue weighted by Crippen LogP contribution is 2.34. The van der Waals surface area contributed by atoms with Gasteiger partial charge in [0.25, 0.3) is 5.91 Å². The summed E-state index contributed by atoms with van der Waals surface area (Å²) in [6, 6.07) is 17.9. The van der Waals surface area contributed by atoms with Gasteiger partial charge in [0, 0.05) is 12.0 Å². The molecule has 1 heterocycles. The van der Waals surface area contributed by atoms with Crippen LogP contribution in [-0.2, 0) is 4.79 Å². The van der Waals surface area contributed by atoms with Crippen molar-refractivity contribution in [1.29, 1.82) is 0 Å². The van der Waals surface area contributed by atoms with Crippen molar-refractivity contribution >= 4 is 17.9 Å². The fourth-order valence-corrected chi connectivity index (χ4v) is 3.83. The number of carbonyl (C=O) groups excluding carboxylic acids is 2. The number of carbonyl (C=O) groups is 2. The minimum atomic E-state index is -0.360. The predicted octanol–water partition coefficient (Wildman–Crippen LogP) is 4.80. The summed E-state index contributed by atoms with van der Waals surface area (Å²) in [6.45, 7) is 1.91. The molecule has 1 unspecified atom stereocenters. The molecule has 1 atom stereocenters. The SMILES string of the molecule is CCOc1cc(C=O)ccc1OCC(=O)N1N=C(c2ccc(F)cc2)CC1c1ccc(OC)cc1. The lowest BCUT2D eigenvalue weighted by Gasteiger charge is -2.22. The van der Waals surface area contributed by atoms with Crippen LogP contribution in [-0.4, -0.2) is 43.2 Å². The quantitative estimate of drug-likeness (QED) is 0.415. The Morgan fingerprint density at radius 2 is 1.80 bits per heavy atom. The summed E-state index contributed by atoms with van der Waals surface area (Å²) in [7, 11) is 1.59. The number of amides is 1. The highest BCUT2D eigenvalue weighted by atomic mass is 19.1. The topological polar surface area (TPSA) is 77.4 Å². The summed E-state index contributed by atoms with van der Waals surface area (Å²) in [5.74, 6) is 0.744. The molecular weight excluding hydrogens is 451 g/mol. The first kappa shape index (κ1) is 23.9. The lowest BCUT2D eigenvalue weighted by Crippen LogP contribution is -2.31. The Balaban J connectivity index is 1.58. The number of hydrogen-bond donors (Lipinski definition) is 0. The van der Waals surface area contributed by atoms with Crippen LogP contribution in [0.3, 0.4) is 0 Å². The molecule has 0 saturated carbocycles. The number of rotatable bonds is 9. The summed E-state index contributed by atoms with van der Waals surface area (Å²) in [4.78, 5) is 24.4. The second kappa shape index (κ2) is 10.8. The number of methoxy groups -OCH3 is 1. The Kier molecular flexibility index (Phi) is 7.40. The molecule has 35 heavy (non-hydrogen) atoms. The molecule has 1 aliphatic heterocycles. The summed E-state index contributed by atoms with van der Waals surface area (Å²) < 4.78 is 30.0. The van der Waals surface area contributed by atoms with Gasteiger partial charge in [0.05, 0.1) is 25.5 Å². The van der Waals surface area contributed by atoms with E-state index >= 15 is 0 Å². The largest absolute Gasteiger partial charge is 0.497 e. The third-order valence-corrected chi connectivity index (χ3v) is 5.60. The van der Waals surface area contributed by atoms with Gasteiger partial charge in [-0.25, -0.2) is 9.40 Å². The van der Waals surface area contributed by atoms with Crippen LogP contribution in [0.4, 0.5) is 4.39 Å². The third kappa shape index (κ3) is 5.48. The number of hydrazone groups is 1.